The number of alkyl halides is 2. The predicted octanol–water partition coefficient (Wildman–Crippen LogP) is 2.16. The lowest BCUT2D eigenvalue weighted by atomic mass is 10.0. The molecule has 0 amide bonds. The van der Waals surface area contributed by atoms with Gasteiger partial charge in [0.2, 0.25) is 0 Å². The number of rotatable bonds is 3. The third-order valence-electron chi connectivity index (χ3n) is 2.10. The molecule has 0 aliphatic carbocycles. The molecule has 1 unspecified atom stereocenters. The normalized spacial score (nSPS) is 13.0. The highest BCUT2D eigenvalue weighted by Gasteiger charge is 2.21. The van der Waals surface area contributed by atoms with E-state index in [0.29, 0.717) is 5.69 Å². The van der Waals surface area contributed by atoms with E-state index >= 15 is 0 Å². The third-order valence-corrected chi connectivity index (χ3v) is 2.10. The molecule has 5 heteroatoms. The van der Waals surface area contributed by atoms with Gasteiger partial charge in [0.05, 0.1) is 6.04 Å². The van der Waals surface area contributed by atoms with Crippen molar-refractivity contribution in [3.8, 4) is 0 Å². The van der Waals surface area contributed by atoms with Crippen LogP contribution >= 0.6 is 0 Å². The van der Waals surface area contributed by atoms with Crippen molar-refractivity contribution in [2.24, 2.45) is 5.73 Å². The Labute approximate surface area is 86.5 Å². The number of hydrogen-bond acceptors (Lipinski definition) is 2. The molecule has 0 spiro atoms. The zero-order valence-electron chi connectivity index (χ0n) is 8.55. The molecule has 0 saturated heterocycles. The van der Waals surface area contributed by atoms with Crippen LogP contribution in [0.1, 0.15) is 11.6 Å². The summed E-state index contributed by atoms with van der Waals surface area (Å²) in [5.74, 6) is -0.563. The van der Waals surface area contributed by atoms with Gasteiger partial charge in [0.1, 0.15) is 5.82 Å². The van der Waals surface area contributed by atoms with E-state index in [1.807, 2.05) is 0 Å². The third kappa shape index (κ3) is 2.62. The van der Waals surface area contributed by atoms with Crippen LogP contribution in [-0.2, 0) is 0 Å². The fourth-order valence-electron chi connectivity index (χ4n) is 1.34. The summed E-state index contributed by atoms with van der Waals surface area (Å²) in [4.78, 5) is 1.62. The minimum atomic E-state index is -2.70. The fourth-order valence-corrected chi connectivity index (χ4v) is 1.34. The van der Waals surface area contributed by atoms with Crippen LogP contribution in [-0.4, -0.2) is 20.5 Å². The average Bonchev–Trinajstić information content (AvgIpc) is 2.15. The van der Waals surface area contributed by atoms with Crippen molar-refractivity contribution in [2.75, 3.05) is 19.0 Å². The largest absolute Gasteiger partial charge is 0.377 e. The molecule has 0 saturated carbocycles. The summed E-state index contributed by atoms with van der Waals surface area (Å²) < 4.78 is 37.8. The molecule has 1 aromatic rings. The quantitative estimate of drug-likeness (QED) is 0.842. The van der Waals surface area contributed by atoms with Crippen molar-refractivity contribution in [1.82, 2.24) is 0 Å². The van der Waals surface area contributed by atoms with Crippen LogP contribution in [0.4, 0.5) is 18.9 Å². The highest BCUT2D eigenvalue weighted by Crippen LogP contribution is 2.28. The Morgan fingerprint density at radius 1 is 1.27 bits per heavy atom. The second-order valence-corrected chi connectivity index (χ2v) is 3.46. The molecule has 1 atom stereocenters. The number of nitrogens with zero attached hydrogens (tertiary/aromatic N) is 1. The Morgan fingerprint density at radius 2 is 1.87 bits per heavy atom. The first-order valence-electron chi connectivity index (χ1n) is 4.44. The van der Waals surface area contributed by atoms with E-state index in [2.05, 4.69) is 0 Å². The molecule has 0 heterocycles. The number of benzene rings is 1. The Hall–Kier alpha value is -1.23. The molecule has 0 aliphatic rings. The van der Waals surface area contributed by atoms with E-state index in [4.69, 9.17) is 5.73 Å². The average molecular weight is 218 g/mol. The number of hydrogen-bond donors (Lipinski definition) is 1. The molecule has 84 valence electrons. The molecule has 15 heavy (non-hydrogen) atoms. The molecule has 0 aliphatic heterocycles. The number of anilines is 1. The van der Waals surface area contributed by atoms with Crippen molar-refractivity contribution in [1.29, 1.82) is 0 Å². The lowest BCUT2D eigenvalue weighted by Gasteiger charge is -2.21. The summed E-state index contributed by atoms with van der Waals surface area (Å²) in [6, 6.07) is 2.24. The molecule has 0 aromatic heterocycles. The molecule has 0 fully saturated rings. The molecule has 0 radical (unpaired) electrons. The summed E-state index contributed by atoms with van der Waals surface area (Å²) in [6.45, 7) is 0. The first kappa shape index (κ1) is 11.8. The second kappa shape index (κ2) is 4.53. The van der Waals surface area contributed by atoms with Crippen LogP contribution in [0.2, 0.25) is 0 Å². The van der Waals surface area contributed by atoms with Crippen LogP contribution in [0.5, 0.6) is 0 Å². The van der Waals surface area contributed by atoms with Gasteiger partial charge in [-0.05, 0) is 18.2 Å². The highest BCUT2D eigenvalue weighted by molar-refractivity contribution is 5.54. The van der Waals surface area contributed by atoms with Crippen molar-refractivity contribution in [2.45, 2.75) is 12.5 Å². The molecule has 1 rings (SSSR count). The first-order valence-corrected chi connectivity index (χ1v) is 4.44. The number of nitrogens with two attached hydrogens (primary N) is 1. The van der Waals surface area contributed by atoms with E-state index in [0.717, 1.165) is 6.07 Å². The Kier molecular flexibility index (Phi) is 3.57. The van der Waals surface area contributed by atoms with Gasteiger partial charge >= 0.3 is 0 Å². The van der Waals surface area contributed by atoms with Crippen LogP contribution in [0.3, 0.4) is 0 Å². The van der Waals surface area contributed by atoms with Crippen LogP contribution in [0.25, 0.3) is 0 Å². The maximum Gasteiger partial charge on any atom is 0.257 e. The maximum atomic E-state index is 12.9. The topological polar surface area (TPSA) is 29.3 Å². The standard InChI is InChI=1S/C10H13F3N2/c1-15(2)8-4-3-6(11)5-7(8)9(14)10(12)13/h3-5,9-10H,14H2,1-2H3. The molecule has 0 bridgehead atoms. The summed E-state index contributed by atoms with van der Waals surface area (Å²) in [7, 11) is 3.38. The second-order valence-electron chi connectivity index (χ2n) is 3.46. The van der Waals surface area contributed by atoms with E-state index in [-0.39, 0.29) is 5.56 Å². The van der Waals surface area contributed by atoms with Crippen molar-refractivity contribution < 1.29 is 13.2 Å². The van der Waals surface area contributed by atoms with E-state index in [1.54, 1.807) is 19.0 Å². The van der Waals surface area contributed by atoms with Gasteiger partial charge in [-0.2, -0.15) is 0 Å². The molecule has 2 nitrogen and oxygen atoms in total. The highest BCUT2D eigenvalue weighted by atomic mass is 19.3. The fraction of sp³-hybridized carbons (Fsp3) is 0.400. The van der Waals surface area contributed by atoms with Crippen molar-refractivity contribution in [3.63, 3.8) is 0 Å². The number of halogens is 3. The lowest BCUT2D eigenvalue weighted by Crippen LogP contribution is -2.22. The monoisotopic (exact) mass is 218 g/mol. The summed E-state index contributed by atoms with van der Waals surface area (Å²) in [5.41, 5.74) is 5.93. The predicted molar refractivity (Wildman–Crippen MR) is 53.7 cm³/mol. The Bertz CT molecular complexity index is 339. The summed E-state index contributed by atoms with van der Waals surface area (Å²) in [5, 5.41) is 0. The van der Waals surface area contributed by atoms with Gasteiger partial charge in [-0.25, -0.2) is 13.2 Å². The van der Waals surface area contributed by atoms with Crippen molar-refractivity contribution in [3.05, 3.63) is 29.6 Å². The van der Waals surface area contributed by atoms with Gasteiger partial charge in [0.15, 0.2) is 0 Å². The van der Waals surface area contributed by atoms with Gasteiger partial charge in [-0.15, -0.1) is 0 Å². The van der Waals surface area contributed by atoms with Gasteiger partial charge in [0, 0.05) is 25.3 Å². The summed E-state index contributed by atoms with van der Waals surface area (Å²) >= 11 is 0. The van der Waals surface area contributed by atoms with Gasteiger partial charge in [-0.3, -0.25) is 0 Å². The zero-order chi connectivity index (χ0) is 11.6. The van der Waals surface area contributed by atoms with E-state index < -0.39 is 18.3 Å². The summed E-state index contributed by atoms with van der Waals surface area (Å²) in [6.07, 6.45) is -2.70. The first-order chi connectivity index (χ1) is 6.93. The van der Waals surface area contributed by atoms with Gasteiger partial charge < -0.3 is 10.6 Å². The van der Waals surface area contributed by atoms with E-state index in [9.17, 15) is 13.2 Å². The molecule has 2 N–H and O–H groups in total. The smallest absolute Gasteiger partial charge is 0.257 e. The SMILES string of the molecule is CN(C)c1ccc(F)cc1C(N)C(F)F. The molecular formula is C10H13F3N2. The van der Waals surface area contributed by atoms with Gasteiger partial charge in [0.25, 0.3) is 6.43 Å². The van der Waals surface area contributed by atoms with Crippen LogP contribution in [0, 0.1) is 5.82 Å². The maximum absolute atomic E-state index is 12.9. The van der Waals surface area contributed by atoms with E-state index in [1.165, 1.54) is 12.1 Å². The minimum absolute atomic E-state index is 0.120. The van der Waals surface area contributed by atoms with Crippen LogP contribution < -0.4 is 10.6 Å². The Morgan fingerprint density at radius 3 is 2.33 bits per heavy atom. The van der Waals surface area contributed by atoms with Crippen molar-refractivity contribution >= 4 is 5.69 Å². The molecular weight excluding hydrogens is 205 g/mol. The Balaban J connectivity index is 3.18. The van der Waals surface area contributed by atoms with Gasteiger partial charge in [-0.1, -0.05) is 0 Å². The minimum Gasteiger partial charge on any atom is -0.377 e. The lowest BCUT2D eigenvalue weighted by molar-refractivity contribution is 0.116. The molecule has 1 aromatic carbocycles. The van der Waals surface area contributed by atoms with Crippen LogP contribution in [0.15, 0.2) is 18.2 Å². The zero-order valence-corrected chi connectivity index (χ0v) is 8.55.